The van der Waals surface area contributed by atoms with Crippen LogP contribution in [0.5, 0.6) is 11.5 Å². The normalized spacial score (nSPS) is 11.5. The maximum Gasteiger partial charge on any atom is 0.165 e. The van der Waals surface area contributed by atoms with Gasteiger partial charge < -0.3 is 20.3 Å². The minimum Gasteiger partial charge on any atom is -0.493 e. The van der Waals surface area contributed by atoms with Crippen molar-refractivity contribution in [3.8, 4) is 11.5 Å². The highest BCUT2D eigenvalue weighted by Crippen LogP contribution is 2.35. The molecule has 1 rings (SSSR count). The molecule has 108 valence electrons. The Bertz CT molecular complexity index is 394. The van der Waals surface area contributed by atoms with Gasteiger partial charge in [-0.25, -0.2) is 0 Å². The van der Waals surface area contributed by atoms with Crippen LogP contribution in [0.4, 0.5) is 0 Å². The first-order chi connectivity index (χ1) is 8.99. The minimum atomic E-state index is -0.837. The van der Waals surface area contributed by atoms with Crippen molar-refractivity contribution in [1.29, 1.82) is 0 Å². The Labute approximate surface area is 119 Å². The average molecular weight is 288 g/mol. The number of ether oxygens (including phenoxy) is 2. The third-order valence-corrected chi connectivity index (χ3v) is 3.56. The van der Waals surface area contributed by atoms with Gasteiger partial charge in [0.15, 0.2) is 11.5 Å². The minimum absolute atomic E-state index is 0.199. The first kappa shape index (κ1) is 16.1. The zero-order valence-corrected chi connectivity index (χ0v) is 12.5. The van der Waals surface area contributed by atoms with E-state index in [-0.39, 0.29) is 6.61 Å². The Morgan fingerprint density at radius 1 is 1.32 bits per heavy atom. The van der Waals surface area contributed by atoms with E-state index in [0.29, 0.717) is 35.9 Å². The van der Waals surface area contributed by atoms with Crippen LogP contribution in [-0.2, 0) is 6.54 Å². The van der Waals surface area contributed by atoms with Crippen LogP contribution in [0, 0.1) is 0 Å². The fourth-order valence-corrected chi connectivity index (χ4v) is 1.98. The second-order valence-corrected chi connectivity index (χ2v) is 4.96. The van der Waals surface area contributed by atoms with Crippen LogP contribution in [0.3, 0.4) is 0 Å². The summed E-state index contributed by atoms with van der Waals surface area (Å²) >= 11 is 5.98. The van der Waals surface area contributed by atoms with Gasteiger partial charge in [0.2, 0.25) is 0 Å². The van der Waals surface area contributed by atoms with Gasteiger partial charge in [-0.1, -0.05) is 25.4 Å². The summed E-state index contributed by atoms with van der Waals surface area (Å²) in [6, 6.07) is 3.42. The maximum atomic E-state index is 10.2. The molecular weight excluding hydrogens is 266 g/mol. The number of rotatable bonds is 7. The highest BCUT2D eigenvalue weighted by Gasteiger charge is 2.24. The van der Waals surface area contributed by atoms with E-state index in [4.69, 9.17) is 26.8 Å². The Kier molecular flexibility index (Phi) is 5.91. The largest absolute Gasteiger partial charge is 0.493 e. The SMILES string of the molecule is CCC(O)(CC)COc1c(CN)cc(Cl)cc1OC. The molecule has 0 amide bonds. The number of aliphatic hydroxyl groups is 1. The van der Waals surface area contributed by atoms with E-state index < -0.39 is 5.60 Å². The smallest absolute Gasteiger partial charge is 0.165 e. The summed E-state index contributed by atoms with van der Waals surface area (Å²) in [5, 5.41) is 10.8. The lowest BCUT2D eigenvalue weighted by Gasteiger charge is -2.26. The van der Waals surface area contributed by atoms with Crippen LogP contribution in [0.2, 0.25) is 5.02 Å². The molecule has 0 aliphatic rings. The number of benzene rings is 1. The quantitative estimate of drug-likeness (QED) is 0.809. The Hall–Kier alpha value is -0.970. The molecule has 0 saturated carbocycles. The van der Waals surface area contributed by atoms with Gasteiger partial charge in [0.05, 0.1) is 12.7 Å². The van der Waals surface area contributed by atoms with E-state index in [2.05, 4.69) is 0 Å². The summed E-state index contributed by atoms with van der Waals surface area (Å²) in [6.45, 7) is 4.35. The van der Waals surface area contributed by atoms with Crippen molar-refractivity contribution in [2.75, 3.05) is 13.7 Å². The molecule has 0 fully saturated rings. The third-order valence-electron chi connectivity index (χ3n) is 3.34. The Morgan fingerprint density at radius 2 is 1.95 bits per heavy atom. The van der Waals surface area contributed by atoms with Gasteiger partial charge >= 0.3 is 0 Å². The van der Waals surface area contributed by atoms with E-state index in [1.807, 2.05) is 13.8 Å². The molecule has 0 heterocycles. The van der Waals surface area contributed by atoms with Crippen molar-refractivity contribution in [2.45, 2.75) is 38.8 Å². The summed E-state index contributed by atoms with van der Waals surface area (Å²) in [5.41, 5.74) is 5.62. The van der Waals surface area contributed by atoms with Gasteiger partial charge in [-0.05, 0) is 18.9 Å². The van der Waals surface area contributed by atoms with Crippen molar-refractivity contribution >= 4 is 11.6 Å². The van der Waals surface area contributed by atoms with Crippen molar-refractivity contribution in [2.24, 2.45) is 5.73 Å². The molecule has 0 radical (unpaired) electrons. The summed E-state index contributed by atoms with van der Waals surface area (Å²) in [6.07, 6.45) is 1.24. The average Bonchev–Trinajstić information content (AvgIpc) is 2.44. The van der Waals surface area contributed by atoms with Crippen LogP contribution in [0.1, 0.15) is 32.3 Å². The van der Waals surface area contributed by atoms with Gasteiger partial charge in [0.1, 0.15) is 6.61 Å². The van der Waals surface area contributed by atoms with Crippen molar-refractivity contribution in [1.82, 2.24) is 0 Å². The van der Waals surface area contributed by atoms with E-state index in [0.717, 1.165) is 5.56 Å². The Morgan fingerprint density at radius 3 is 2.42 bits per heavy atom. The van der Waals surface area contributed by atoms with Gasteiger partial charge in [-0.3, -0.25) is 0 Å². The molecule has 0 aliphatic heterocycles. The van der Waals surface area contributed by atoms with Gasteiger partial charge in [-0.15, -0.1) is 0 Å². The zero-order valence-electron chi connectivity index (χ0n) is 11.7. The number of hydrogen-bond acceptors (Lipinski definition) is 4. The molecule has 5 heteroatoms. The molecule has 4 nitrogen and oxygen atoms in total. The second kappa shape index (κ2) is 6.98. The number of methoxy groups -OCH3 is 1. The molecule has 0 unspecified atom stereocenters. The second-order valence-electron chi connectivity index (χ2n) is 4.52. The fourth-order valence-electron chi connectivity index (χ4n) is 1.75. The van der Waals surface area contributed by atoms with Gasteiger partial charge in [0, 0.05) is 23.2 Å². The van der Waals surface area contributed by atoms with Crippen LogP contribution < -0.4 is 15.2 Å². The predicted octanol–water partition coefficient (Wildman–Crippen LogP) is 2.74. The molecule has 3 N–H and O–H groups in total. The molecule has 0 spiro atoms. The molecule has 0 aromatic heterocycles. The van der Waals surface area contributed by atoms with Crippen LogP contribution in [0.25, 0.3) is 0 Å². The molecule has 0 atom stereocenters. The molecular formula is C14H22ClNO3. The van der Waals surface area contributed by atoms with E-state index in [1.54, 1.807) is 19.2 Å². The molecule has 0 aliphatic carbocycles. The topological polar surface area (TPSA) is 64.7 Å². The molecule has 1 aromatic carbocycles. The third kappa shape index (κ3) is 4.00. The molecule has 0 bridgehead atoms. The maximum absolute atomic E-state index is 10.2. The molecule has 0 saturated heterocycles. The lowest BCUT2D eigenvalue weighted by atomic mass is 9.99. The van der Waals surface area contributed by atoms with E-state index >= 15 is 0 Å². The first-order valence-electron chi connectivity index (χ1n) is 6.41. The zero-order chi connectivity index (χ0) is 14.5. The van der Waals surface area contributed by atoms with Crippen molar-refractivity contribution in [3.63, 3.8) is 0 Å². The van der Waals surface area contributed by atoms with E-state index in [9.17, 15) is 5.11 Å². The lowest BCUT2D eigenvalue weighted by molar-refractivity contribution is -0.0122. The Balaban J connectivity index is 2.99. The van der Waals surface area contributed by atoms with Crippen molar-refractivity contribution in [3.05, 3.63) is 22.7 Å². The van der Waals surface area contributed by atoms with E-state index in [1.165, 1.54) is 0 Å². The summed E-state index contributed by atoms with van der Waals surface area (Å²) < 4.78 is 11.0. The first-order valence-corrected chi connectivity index (χ1v) is 6.79. The fraction of sp³-hybridized carbons (Fsp3) is 0.571. The van der Waals surface area contributed by atoms with Crippen molar-refractivity contribution < 1.29 is 14.6 Å². The predicted molar refractivity (Wildman–Crippen MR) is 76.9 cm³/mol. The summed E-state index contributed by atoms with van der Waals surface area (Å²) in [5.74, 6) is 1.08. The monoisotopic (exact) mass is 287 g/mol. The standard InChI is InChI=1S/C14H22ClNO3/c1-4-14(17,5-2)9-19-13-10(8-16)6-11(15)7-12(13)18-3/h6-7,17H,4-5,8-9,16H2,1-3H3. The number of hydrogen-bond donors (Lipinski definition) is 2. The van der Waals surface area contributed by atoms with Gasteiger partial charge in [-0.2, -0.15) is 0 Å². The lowest BCUT2D eigenvalue weighted by Crippen LogP contribution is -2.34. The van der Waals surface area contributed by atoms with Gasteiger partial charge in [0.25, 0.3) is 0 Å². The molecule has 1 aromatic rings. The highest BCUT2D eigenvalue weighted by atomic mass is 35.5. The summed E-state index contributed by atoms with van der Waals surface area (Å²) in [4.78, 5) is 0. The van der Waals surface area contributed by atoms with Crippen LogP contribution in [0.15, 0.2) is 12.1 Å². The molecule has 19 heavy (non-hydrogen) atoms. The number of halogens is 1. The highest BCUT2D eigenvalue weighted by molar-refractivity contribution is 6.30. The summed E-state index contributed by atoms with van der Waals surface area (Å²) in [7, 11) is 1.55. The van der Waals surface area contributed by atoms with Crippen LogP contribution in [-0.4, -0.2) is 24.4 Å². The number of nitrogens with two attached hydrogens (primary N) is 1. The van der Waals surface area contributed by atoms with Crippen LogP contribution >= 0.6 is 11.6 Å².